The summed E-state index contributed by atoms with van der Waals surface area (Å²) in [6, 6.07) is 6.90. The van der Waals surface area contributed by atoms with Gasteiger partial charge in [-0.1, -0.05) is 93.0 Å². The van der Waals surface area contributed by atoms with Crippen LogP contribution in [0, 0.1) is 23.2 Å². The van der Waals surface area contributed by atoms with E-state index in [0.29, 0.717) is 22.9 Å². The number of hydrogen-bond acceptors (Lipinski definition) is 7. The number of carbonyl (C=O) groups is 4. The van der Waals surface area contributed by atoms with Gasteiger partial charge in [-0.25, -0.2) is 0 Å². The lowest BCUT2D eigenvalue weighted by Crippen LogP contribution is -2.63. The molecule has 50 heavy (non-hydrogen) atoms. The van der Waals surface area contributed by atoms with E-state index in [9.17, 15) is 19.5 Å². The summed E-state index contributed by atoms with van der Waals surface area (Å²) < 4.78 is 13.7. The van der Waals surface area contributed by atoms with Crippen molar-refractivity contribution in [2.24, 2.45) is 23.2 Å². The molecule has 4 heterocycles. The van der Waals surface area contributed by atoms with Crippen LogP contribution in [0.1, 0.15) is 86.3 Å². The Morgan fingerprint density at radius 2 is 1.66 bits per heavy atom. The molecule has 5 bridgehead atoms. The number of likely N-dealkylation sites (tertiary alicyclic amines) is 1. The number of benzene rings is 1. The molecule has 0 unspecified atom stereocenters. The number of nitrogens with zero attached hydrogens (tertiary/aromatic N) is 3. The first-order valence-corrected chi connectivity index (χ1v) is 18.6. The first-order valence-electron chi connectivity index (χ1n) is 17.8. The van der Waals surface area contributed by atoms with E-state index in [0.717, 1.165) is 0 Å². The number of esters is 1. The zero-order valence-electron chi connectivity index (χ0n) is 30.9. The molecule has 2 saturated heterocycles. The number of cyclic esters (lactones) is 1. The Balaban J connectivity index is 1.70. The lowest BCUT2D eigenvalue weighted by Gasteiger charge is -2.46. The summed E-state index contributed by atoms with van der Waals surface area (Å²) in [7, 11) is 1.71. The largest absolute Gasteiger partial charge is 0.455 e. The summed E-state index contributed by atoms with van der Waals surface area (Å²) in [6.07, 6.45) is 5.31. The highest BCUT2D eigenvalue weighted by Gasteiger charge is 2.76. The lowest BCUT2D eigenvalue weighted by atomic mass is 9.74. The SMILES string of the molecule is CC(C)[C@H](CO)N1C(=O)[C@@H]2[C@H]3C(=O)O[C@@H](c4ccccc4)[C@H](C)N(C)C(=O)CC/C=C\CN(C(C)(C)CC(C)(C)C)C(=O)[C@@H]1[C@]21C=C(Br)[C@H]3O1. The van der Waals surface area contributed by atoms with E-state index in [1.165, 1.54) is 4.90 Å². The molecule has 8 atom stereocenters. The third-order valence-electron chi connectivity index (χ3n) is 10.9. The quantitative estimate of drug-likeness (QED) is 0.305. The molecule has 0 radical (unpaired) electrons. The van der Waals surface area contributed by atoms with Gasteiger partial charge in [0.1, 0.15) is 29.8 Å². The summed E-state index contributed by atoms with van der Waals surface area (Å²) in [5.41, 5.74) is -1.56. The van der Waals surface area contributed by atoms with E-state index >= 15 is 4.79 Å². The van der Waals surface area contributed by atoms with Crippen molar-refractivity contribution in [3.8, 4) is 0 Å². The minimum absolute atomic E-state index is 0.106. The molecule has 0 aromatic heterocycles. The van der Waals surface area contributed by atoms with Gasteiger partial charge in [0.2, 0.25) is 17.7 Å². The fourth-order valence-corrected chi connectivity index (χ4v) is 9.50. The van der Waals surface area contributed by atoms with Gasteiger partial charge in [-0.05, 0) is 56.6 Å². The van der Waals surface area contributed by atoms with Crippen LogP contribution in [0.5, 0.6) is 0 Å². The number of fused-ring (bicyclic) bond motifs is 2. The number of carbonyl (C=O) groups excluding carboxylic acids is 4. The van der Waals surface area contributed by atoms with Crippen molar-refractivity contribution in [2.45, 2.75) is 116 Å². The van der Waals surface area contributed by atoms with Gasteiger partial charge < -0.3 is 29.3 Å². The van der Waals surface area contributed by atoms with Crippen LogP contribution < -0.4 is 0 Å². The minimum atomic E-state index is -1.47. The Morgan fingerprint density at radius 3 is 2.26 bits per heavy atom. The first kappa shape index (κ1) is 38.2. The van der Waals surface area contributed by atoms with Crippen LogP contribution in [0.15, 0.2) is 53.0 Å². The van der Waals surface area contributed by atoms with E-state index < -0.39 is 65.2 Å². The average molecular weight is 757 g/mol. The van der Waals surface area contributed by atoms with Gasteiger partial charge in [0.15, 0.2) is 0 Å². The van der Waals surface area contributed by atoms with Gasteiger partial charge in [0.25, 0.3) is 0 Å². The van der Waals surface area contributed by atoms with Crippen LogP contribution >= 0.6 is 15.9 Å². The monoisotopic (exact) mass is 755 g/mol. The lowest BCUT2D eigenvalue weighted by molar-refractivity contribution is -0.165. The number of likely N-dealkylation sites (N-methyl/N-ethyl adjacent to an activating group) is 1. The molecule has 1 aromatic rings. The number of allylic oxidation sites excluding steroid dienone is 1. The van der Waals surface area contributed by atoms with Crippen LogP contribution in [0.4, 0.5) is 0 Å². The van der Waals surface area contributed by atoms with Crippen LogP contribution in [0.3, 0.4) is 0 Å². The van der Waals surface area contributed by atoms with E-state index in [1.54, 1.807) is 22.9 Å². The third kappa shape index (κ3) is 6.82. The van der Waals surface area contributed by atoms with Crippen molar-refractivity contribution in [1.29, 1.82) is 0 Å². The number of hydrogen-bond donors (Lipinski definition) is 1. The molecular weight excluding hydrogens is 702 g/mol. The number of rotatable bonds is 6. The van der Waals surface area contributed by atoms with Gasteiger partial charge in [-0.3, -0.25) is 19.2 Å². The first-order chi connectivity index (χ1) is 23.4. The summed E-state index contributed by atoms with van der Waals surface area (Å²) >= 11 is 3.64. The van der Waals surface area contributed by atoms with Crippen molar-refractivity contribution in [1.82, 2.24) is 14.7 Å². The molecule has 1 spiro atoms. The predicted molar refractivity (Wildman–Crippen MR) is 194 cm³/mol. The fourth-order valence-electron chi connectivity index (χ4n) is 8.76. The number of aliphatic hydroxyl groups excluding tert-OH is 1. The van der Waals surface area contributed by atoms with Crippen molar-refractivity contribution < 1.29 is 33.8 Å². The second-order valence-electron chi connectivity index (χ2n) is 16.6. The zero-order valence-corrected chi connectivity index (χ0v) is 32.5. The molecule has 4 aliphatic rings. The highest BCUT2D eigenvalue weighted by atomic mass is 79.9. The maximum absolute atomic E-state index is 15.3. The predicted octanol–water partition coefficient (Wildman–Crippen LogP) is 5.40. The second-order valence-corrected chi connectivity index (χ2v) is 17.5. The Kier molecular flexibility index (Phi) is 10.8. The van der Waals surface area contributed by atoms with Crippen LogP contribution in [-0.2, 0) is 28.7 Å². The molecule has 1 aromatic carbocycles. The van der Waals surface area contributed by atoms with Gasteiger partial charge >= 0.3 is 5.97 Å². The zero-order chi connectivity index (χ0) is 36.9. The Bertz CT molecular complexity index is 1540. The molecule has 3 amide bonds. The average Bonchev–Trinajstić information content (AvgIpc) is 3.62. The van der Waals surface area contributed by atoms with Gasteiger partial charge in [0.05, 0.1) is 24.6 Å². The maximum atomic E-state index is 15.3. The molecular formula is C39H54BrN3O7. The summed E-state index contributed by atoms with van der Waals surface area (Å²) in [5.74, 6) is -3.82. The number of halogens is 1. The Hall–Kier alpha value is -3.02. The number of ether oxygens (including phenoxy) is 2. The second kappa shape index (κ2) is 14.2. The van der Waals surface area contributed by atoms with Crippen LogP contribution in [0.2, 0.25) is 0 Å². The summed E-state index contributed by atoms with van der Waals surface area (Å²) in [5, 5.41) is 10.7. The number of amides is 3. The van der Waals surface area contributed by atoms with Gasteiger partial charge in [-0.15, -0.1) is 0 Å². The Morgan fingerprint density at radius 1 is 1.00 bits per heavy atom. The van der Waals surface area contributed by atoms with E-state index in [1.807, 2.05) is 77.1 Å². The number of aliphatic hydroxyl groups is 1. The van der Waals surface area contributed by atoms with Crippen molar-refractivity contribution in [3.05, 3.63) is 58.6 Å². The molecule has 2 fully saturated rings. The molecule has 10 nitrogen and oxygen atoms in total. The third-order valence-corrected chi connectivity index (χ3v) is 11.6. The molecule has 5 rings (SSSR count). The maximum Gasteiger partial charge on any atom is 0.313 e. The van der Waals surface area contributed by atoms with Gasteiger partial charge in [0, 0.05) is 30.0 Å². The molecule has 274 valence electrons. The molecule has 4 aliphatic heterocycles. The van der Waals surface area contributed by atoms with Gasteiger partial charge in [-0.2, -0.15) is 0 Å². The molecule has 1 N–H and O–H groups in total. The van der Waals surface area contributed by atoms with Crippen LogP contribution in [0.25, 0.3) is 0 Å². The Labute approximate surface area is 305 Å². The molecule has 11 heteroatoms. The standard InChI is InChI=1S/C39H54BrN3O7/c1-23(2)27(21-44)43-33-35(47)42(38(7,8)22-37(4,5)6)19-15-11-14-18-28(45)41(9)24(3)31(25-16-12-10-13-17-25)49-36(48)29-30(34(43)46)39(33)20-26(40)32(29)50-39/h10-13,15-17,20,23-24,27,29-33,44H,14,18-19,21-22H2,1-9H3/b15-11-/t24-,27-,29+,30-,31+,32+,33+,39-/m0/s1. The highest BCUT2D eigenvalue weighted by molar-refractivity contribution is 9.11. The summed E-state index contributed by atoms with van der Waals surface area (Å²) in [4.78, 5) is 63.1. The van der Waals surface area contributed by atoms with E-state index in [-0.39, 0.29) is 42.7 Å². The normalized spacial score (nSPS) is 32.4. The summed E-state index contributed by atoms with van der Waals surface area (Å²) in [6.45, 7) is 16.0. The minimum Gasteiger partial charge on any atom is -0.455 e. The smallest absolute Gasteiger partial charge is 0.313 e. The highest BCUT2D eigenvalue weighted by Crippen LogP contribution is 2.60. The fraction of sp³-hybridized carbons (Fsp3) is 0.641. The van der Waals surface area contributed by atoms with Crippen molar-refractivity contribution >= 4 is 39.6 Å². The van der Waals surface area contributed by atoms with Crippen molar-refractivity contribution in [3.63, 3.8) is 0 Å². The van der Waals surface area contributed by atoms with E-state index in [4.69, 9.17) is 9.47 Å². The molecule has 0 aliphatic carbocycles. The van der Waals surface area contributed by atoms with E-state index in [2.05, 4.69) is 36.7 Å². The molecule has 0 saturated carbocycles. The van der Waals surface area contributed by atoms with Crippen molar-refractivity contribution in [2.75, 3.05) is 20.2 Å². The topological polar surface area (TPSA) is 117 Å². The van der Waals surface area contributed by atoms with Crippen LogP contribution in [-0.4, -0.2) is 99.1 Å².